The zero-order valence-corrected chi connectivity index (χ0v) is 38.6. The van der Waals surface area contributed by atoms with E-state index in [-0.39, 0.29) is 0 Å². The van der Waals surface area contributed by atoms with E-state index in [1.54, 1.807) is 0 Å². The molecule has 0 amide bonds. The molecule has 0 bridgehead atoms. The highest BCUT2D eigenvalue weighted by Crippen LogP contribution is 2.47. The van der Waals surface area contributed by atoms with Crippen molar-refractivity contribution in [2.45, 2.75) is 19.3 Å². The standard InChI is InChI=1S/C62H51N5S/c63-62(64)51(27-17-18-40-68)43-32-34-44(35-33-43)60-52-28-13-15-30-54(52)61(55-31-16-14-29-53(55)60)67-58-38-36-49(65(45-19-5-1-6-20-45)46-21-7-2-8-22-46)41-56(58)57-42-50(37-39-59(57)67)66(47-23-9-3-10-24-47)48-25-11-4-12-26-48/h1-16,19-26,28-39,41-42,68H,17-18,27,40,63-64H2. The minimum atomic E-state index is 0.378. The number of aromatic nitrogens is 1. The quantitative estimate of drug-likeness (QED) is 0.0613. The number of benzene rings is 10. The molecule has 11 aromatic rings. The van der Waals surface area contributed by atoms with Crippen LogP contribution in [0.2, 0.25) is 0 Å². The summed E-state index contributed by atoms with van der Waals surface area (Å²) in [6.07, 6.45) is 2.81. The number of anilines is 6. The Kier molecular flexibility index (Phi) is 11.6. The van der Waals surface area contributed by atoms with Crippen LogP contribution in [-0.4, -0.2) is 10.3 Å². The predicted molar refractivity (Wildman–Crippen MR) is 294 cm³/mol. The first kappa shape index (κ1) is 42.4. The summed E-state index contributed by atoms with van der Waals surface area (Å²) in [5.74, 6) is 1.22. The number of hydrogen-bond acceptors (Lipinski definition) is 5. The highest BCUT2D eigenvalue weighted by atomic mass is 32.1. The van der Waals surface area contributed by atoms with Gasteiger partial charge in [0.25, 0.3) is 0 Å². The predicted octanol–water partition coefficient (Wildman–Crippen LogP) is 16.4. The Balaban J connectivity index is 1.17. The van der Waals surface area contributed by atoms with Gasteiger partial charge in [0.1, 0.15) is 0 Å². The topological polar surface area (TPSA) is 63.5 Å². The zero-order chi connectivity index (χ0) is 46.0. The van der Waals surface area contributed by atoms with Crippen molar-refractivity contribution in [2.24, 2.45) is 11.5 Å². The van der Waals surface area contributed by atoms with Crippen molar-refractivity contribution >= 4 is 95.7 Å². The molecular formula is C62H51N5S. The molecule has 6 heteroatoms. The molecule has 0 aliphatic carbocycles. The van der Waals surface area contributed by atoms with Crippen molar-refractivity contribution in [1.29, 1.82) is 0 Å². The van der Waals surface area contributed by atoms with Crippen LogP contribution < -0.4 is 21.3 Å². The molecule has 330 valence electrons. The third-order valence-corrected chi connectivity index (χ3v) is 13.5. The van der Waals surface area contributed by atoms with Crippen LogP contribution in [-0.2, 0) is 0 Å². The van der Waals surface area contributed by atoms with E-state index in [9.17, 15) is 0 Å². The average molecular weight is 898 g/mol. The number of para-hydroxylation sites is 4. The molecular weight excluding hydrogens is 847 g/mol. The van der Waals surface area contributed by atoms with Gasteiger partial charge < -0.3 is 25.8 Å². The lowest BCUT2D eigenvalue weighted by Gasteiger charge is -2.26. The number of nitrogens with two attached hydrogens (primary N) is 2. The summed E-state index contributed by atoms with van der Waals surface area (Å²) in [4.78, 5) is 4.70. The Morgan fingerprint density at radius 1 is 0.397 bits per heavy atom. The highest BCUT2D eigenvalue weighted by Gasteiger charge is 2.24. The number of hydrogen-bond donors (Lipinski definition) is 3. The fraction of sp³-hybridized carbons (Fsp3) is 0.0645. The lowest BCUT2D eigenvalue weighted by atomic mass is 9.89. The van der Waals surface area contributed by atoms with Crippen LogP contribution in [0.3, 0.4) is 0 Å². The van der Waals surface area contributed by atoms with E-state index in [1.165, 1.54) is 27.1 Å². The van der Waals surface area contributed by atoms with Gasteiger partial charge in [-0.25, -0.2) is 0 Å². The molecule has 0 aliphatic heterocycles. The zero-order valence-electron chi connectivity index (χ0n) is 37.7. The number of fused-ring (bicyclic) bond motifs is 5. The summed E-state index contributed by atoms with van der Waals surface area (Å²) in [6.45, 7) is 0. The van der Waals surface area contributed by atoms with Gasteiger partial charge in [-0.15, -0.1) is 0 Å². The van der Waals surface area contributed by atoms with Gasteiger partial charge in [-0.1, -0.05) is 146 Å². The van der Waals surface area contributed by atoms with Gasteiger partial charge in [0, 0.05) is 55.7 Å². The average Bonchev–Trinajstić information content (AvgIpc) is 3.71. The fourth-order valence-corrected chi connectivity index (χ4v) is 10.3. The number of unbranched alkanes of at least 4 members (excludes halogenated alkanes) is 1. The molecule has 1 aromatic heterocycles. The van der Waals surface area contributed by atoms with E-state index >= 15 is 0 Å². The van der Waals surface area contributed by atoms with Gasteiger partial charge in [0.2, 0.25) is 0 Å². The molecule has 0 radical (unpaired) electrons. The van der Waals surface area contributed by atoms with Crippen molar-refractivity contribution in [1.82, 2.24) is 4.57 Å². The second-order valence-corrected chi connectivity index (χ2v) is 17.7. The lowest BCUT2D eigenvalue weighted by molar-refractivity contribution is 0.829. The Morgan fingerprint density at radius 3 is 1.19 bits per heavy atom. The van der Waals surface area contributed by atoms with Crippen LogP contribution in [0.1, 0.15) is 24.8 Å². The number of nitrogens with zero attached hydrogens (tertiary/aromatic N) is 3. The first-order valence-corrected chi connectivity index (χ1v) is 24.0. The minimum Gasteiger partial charge on any atom is -0.385 e. The van der Waals surface area contributed by atoms with Crippen molar-refractivity contribution in [3.8, 4) is 16.8 Å². The largest absolute Gasteiger partial charge is 0.385 e. The smallest absolute Gasteiger partial charge is 0.0972 e. The van der Waals surface area contributed by atoms with E-state index in [4.69, 9.17) is 11.5 Å². The highest BCUT2D eigenvalue weighted by molar-refractivity contribution is 7.80. The van der Waals surface area contributed by atoms with Gasteiger partial charge in [-0.3, -0.25) is 0 Å². The molecule has 1 heterocycles. The Hall–Kier alpha value is -8.19. The summed E-state index contributed by atoms with van der Waals surface area (Å²) >= 11 is 4.43. The van der Waals surface area contributed by atoms with E-state index in [0.717, 1.165) is 103 Å². The summed E-state index contributed by atoms with van der Waals surface area (Å²) in [6, 6.07) is 83.1. The van der Waals surface area contributed by atoms with Crippen molar-refractivity contribution < 1.29 is 0 Å². The van der Waals surface area contributed by atoms with Gasteiger partial charge in [-0.05, 0) is 143 Å². The van der Waals surface area contributed by atoms with E-state index in [0.29, 0.717) is 5.82 Å². The molecule has 68 heavy (non-hydrogen) atoms. The van der Waals surface area contributed by atoms with Crippen molar-refractivity contribution in [3.05, 3.63) is 242 Å². The molecule has 0 spiro atoms. The number of thiol groups is 1. The fourth-order valence-electron chi connectivity index (χ4n) is 10.1. The first-order valence-electron chi connectivity index (χ1n) is 23.4. The summed E-state index contributed by atoms with van der Waals surface area (Å²) < 4.78 is 2.51. The molecule has 0 fully saturated rings. The summed E-state index contributed by atoms with van der Waals surface area (Å²) in [5, 5.41) is 7.00. The molecule has 5 nitrogen and oxygen atoms in total. The van der Waals surface area contributed by atoms with Gasteiger partial charge in [0.05, 0.1) is 22.5 Å². The number of rotatable bonds is 13. The van der Waals surface area contributed by atoms with Gasteiger partial charge >= 0.3 is 0 Å². The van der Waals surface area contributed by atoms with Crippen molar-refractivity contribution in [2.75, 3.05) is 15.6 Å². The molecule has 0 unspecified atom stereocenters. The maximum atomic E-state index is 6.27. The molecule has 11 rings (SSSR count). The Labute approximate surface area is 403 Å². The molecule has 4 N–H and O–H groups in total. The summed E-state index contributed by atoms with van der Waals surface area (Å²) in [5.41, 5.74) is 26.8. The lowest BCUT2D eigenvalue weighted by Crippen LogP contribution is -2.11. The summed E-state index contributed by atoms with van der Waals surface area (Å²) in [7, 11) is 0. The van der Waals surface area contributed by atoms with Crippen LogP contribution in [0.5, 0.6) is 0 Å². The van der Waals surface area contributed by atoms with Gasteiger partial charge in [-0.2, -0.15) is 12.6 Å². The third-order valence-electron chi connectivity index (χ3n) is 13.1. The Bertz CT molecular complexity index is 3310. The van der Waals surface area contributed by atoms with Crippen LogP contribution >= 0.6 is 12.6 Å². The van der Waals surface area contributed by atoms with Crippen molar-refractivity contribution in [3.63, 3.8) is 0 Å². The SMILES string of the molecule is NC(N)=C(CCCCS)c1ccc(-c2c3ccccc3c(-n3c4ccc(N(c5ccccc5)c5ccccc5)cc4c4cc(N(c5ccccc5)c5ccccc5)ccc43)c3ccccc23)cc1. The van der Waals surface area contributed by atoms with Gasteiger partial charge in [0.15, 0.2) is 0 Å². The second-order valence-electron chi connectivity index (χ2n) is 17.3. The van der Waals surface area contributed by atoms with E-state index < -0.39 is 0 Å². The third kappa shape index (κ3) is 7.78. The number of allylic oxidation sites excluding steroid dienone is 1. The minimum absolute atomic E-state index is 0.378. The maximum Gasteiger partial charge on any atom is 0.0972 e. The molecule has 0 saturated heterocycles. The van der Waals surface area contributed by atoms with Crippen LogP contribution in [0.15, 0.2) is 236 Å². The van der Waals surface area contributed by atoms with E-state index in [2.05, 4.69) is 258 Å². The molecule has 0 atom stereocenters. The van der Waals surface area contributed by atoms with Crippen LogP contribution in [0.4, 0.5) is 34.1 Å². The Morgan fingerprint density at radius 2 is 0.794 bits per heavy atom. The molecule has 0 saturated carbocycles. The molecule has 10 aromatic carbocycles. The first-order chi connectivity index (χ1) is 33.6. The monoisotopic (exact) mass is 897 g/mol. The normalized spacial score (nSPS) is 11.4. The van der Waals surface area contributed by atoms with Crippen LogP contribution in [0, 0.1) is 0 Å². The molecule has 0 aliphatic rings. The second kappa shape index (κ2) is 18.6. The van der Waals surface area contributed by atoms with Crippen LogP contribution in [0.25, 0.3) is 65.7 Å². The maximum absolute atomic E-state index is 6.27. The van der Waals surface area contributed by atoms with E-state index in [1.807, 2.05) is 0 Å².